The highest BCUT2D eigenvalue weighted by Crippen LogP contribution is 2.31. The van der Waals surface area contributed by atoms with Gasteiger partial charge in [-0.15, -0.1) is 10.2 Å². The van der Waals surface area contributed by atoms with Crippen LogP contribution in [0.1, 0.15) is 11.1 Å². The number of nitrogen functional groups attached to an aromatic ring is 1. The van der Waals surface area contributed by atoms with E-state index in [1.54, 1.807) is 0 Å². The number of benzene rings is 1. The number of rotatable bonds is 3. The fourth-order valence-electron chi connectivity index (χ4n) is 1.21. The van der Waals surface area contributed by atoms with Crippen LogP contribution >= 0.6 is 23.1 Å². The van der Waals surface area contributed by atoms with E-state index in [0.717, 1.165) is 17.7 Å². The van der Waals surface area contributed by atoms with E-state index in [2.05, 4.69) is 10.2 Å². The Morgan fingerprint density at radius 2 is 1.83 bits per heavy atom. The molecule has 0 amide bonds. The molecule has 2 aromatic rings. The Morgan fingerprint density at radius 3 is 2.33 bits per heavy atom. The summed E-state index contributed by atoms with van der Waals surface area (Å²) in [4.78, 5) is 0. The second kappa shape index (κ2) is 5.15. The lowest BCUT2D eigenvalue weighted by atomic mass is 10.1. The van der Waals surface area contributed by atoms with Crippen molar-refractivity contribution in [3.8, 4) is 0 Å². The van der Waals surface area contributed by atoms with Gasteiger partial charge in [-0.2, -0.15) is 13.2 Å². The maximum atomic E-state index is 12.3. The number of nitrogens with two attached hydrogens (primary N) is 1. The van der Waals surface area contributed by atoms with Gasteiger partial charge in [-0.1, -0.05) is 35.2 Å². The van der Waals surface area contributed by atoms with Gasteiger partial charge in [-0.3, -0.25) is 0 Å². The summed E-state index contributed by atoms with van der Waals surface area (Å²) in [5, 5.41) is 7.85. The third kappa shape index (κ3) is 3.36. The number of hydrogen-bond donors (Lipinski definition) is 1. The summed E-state index contributed by atoms with van der Waals surface area (Å²) in [6, 6.07) is 5.06. The van der Waals surface area contributed by atoms with Crippen molar-refractivity contribution < 1.29 is 13.2 Å². The molecule has 0 atom stereocenters. The minimum atomic E-state index is -4.29. The Balaban J connectivity index is 1.98. The second-order valence-electron chi connectivity index (χ2n) is 3.39. The monoisotopic (exact) mass is 291 g/mol. The predicted molar refractivity (Wildman–Crippen MR) is 65.3 cm³/mol. The Bertz CT molecular complexity index is 522. The standard InChI is InChI=1S/C10H8F3N3S2/c11-10(12,13)7-3-1-6(2-4-7)5-17-9-16-15-8(14)18-9/h1-4H,5H2,(H2,14,15). The molecule has 1 heterocycles. The van der Waals surface area contributed by atoms with Crippen LogP contribution in [0.15, 0.2) is 28.6 Å². The summed E-state index contributed by atoms with van der Waals surface area (Å²) in [5.74, 6) is 0.534. The van der Waals surface area contributed by atoms with Gasteiger partial charge in [0, 0.05) is 5.75 Å². The van der Waals surface area contributed by atoms with Crippen molar-refractivity contribution in [3.63, 3.8) is 0 Å². The zero-order valence-electron chi connectivity index (χ0n) is 8.94. The topological polar surface area (TPSA) is 51.8 Å². The van der Waals surface area contributed by atoms with Crippen molar-refractivity contribution in [1.82, 2.24) is 10.2 Å². The van der Waals surface area contributed by atoms with Crippen LogP contribution in [0.4, 0.5) is 18.3 Å². The molecule has 2 rings (SSSR count). The third-order valence-corrected chi connectivity index (χ3v) is 4.02. The van der Waals surface area contributed by atoms with Crippen LogP contribution in [0.25, 0.3) is 0 Å². The Kier molecular flexibility index (Phi) is 3.76. The molecule has 1 aromatic carbocycles. The van der Waals surface area contributed by atoms with E-state index in [1.807, 2.05) is 0 Å². The summed E-state index contributed by atoms with van der Waals surface area (Å²) in [6.07, 6.45) is -4.29. The number of nitrogens with zero attached hydrogens (tertiary/aromatic N) is 2. The molecule has 0 aliphatic carbocycles. The van der Waals surface area contributed by atoms with Crippen molar-refractivity contribution in [2.75, 3.05) is 5.73 Å². The van der Waals surface area contributed by atoms with E-state index < -0.39 is 11.7 Å². The first kappa shape index (κ1) is 13.2. The molecule has 2 N–H and O–H groups in total. The van der Waals surface area contributed by atoms with Crippen LogP contribution in [0.5, 0.6) is 0 Å². The third-order valence-electron chi connectivity index (χ3n) is 2.07. The van der Waals surface area contributed by atoms with Gasteiger partial charge in [0.2, 0.25) is 5.13 Å². The van der Waals surface area contributed by atoms with Gasteiger partial charge in [-0.25, -0.2) is 0 Å². The van der Waals surface area contributed by atoms with Gasteiger partial charge in [0.05, 0.1) is 5.56 Å². The molecule has 96 valence electrons. The van der Waals surface area contributed by atoms with E-state index in [1.165, 1.54) is 35.2 Å². The smallest absolute Gasteiger partial charge is 0.374 e. The maximum Gasteiger partial charge on any atom is 0.416 e. The molecule has 0 aliphatic heterocycles. The Labute approximate surface area is 109 Å². The lowest BCUT2D eigenvalue weighted by molar-refractivity contribution is -0.137. The highest BCUT2D eigenvalue weighted by Gasteiger charge is 2.29. The van der Waals surface area contributed by atoms with Gasteiger partial charge in [0.1, 0.15) is 0 Å². The van der Waals surface area contributed by atoms with Crippen molar-refractivity contribution in [2.24, 2.45) is 0 Å². The second-order valence-corrected chi connectivity index (χ2v) is 5.62. The molecule has 0 spiro atoms. The number of halogens is 3. The summed E-state index contributed by atoms with van der Waals surface area (Å²) >= 11 is 2.64. The highest BCUT2D eigenvalue weighted by molar-refractivity contribution is 8.00. The molecule has 18 heavy (non-hydrogen) atoms. The van der Waals surface area contributed by atoms with Crippen molar-refractivity contribution in [1.29, 1.82) is 0 Å². The van der Waals surface area contributed by atoms with Crippen LogP contribution < -0.4 is 5.73 Å². The zero-order valence-corrected chi connectivity index (χ0v) is 10.6. The molecule has 8 heteroatoms. The van der Waals surface area contributed by atoms with Crippen molar-refractivity contribution in [3.05, 3.63) is 35.4 Å². The van der Waals surface area contributed by atoms with Gasteiger partial charge < -0.3 is 5.73 Å². The first-order valence-corrected chi connectivity index (χ1v) is 6.63. The number of anilines is 1. The van der Waals surface area contributed by atoms with E-state index in [-0.39, 0.29) is 0 Å². The normalized spacial score (nSPS) is 11.7. The van der Waals surface area contributed by atoms with E-state index in [9.17, 15) is 13.2 Å². The maximum absolute atomic E-state index is 12.3. The van der Waals surface area contributed by atoms with Gasteiger partial charge in [0.15, 0.2) is 4.34 Å². The molecule has 0 unspecified atom stereocenters. The van der Waals surface area contributed by atoms with Crippen LogP contribution in [-0.4, -0.2) is 10.2 Å². The molecule has 3 nitrogen and oxygen atoms in total. The minimum absolute atomic E-state index is 0.380. The molecule has 0 radical (unpaired) electrons. The average Bonchev–Trinajstić information content (AvgIpc) is 2.72. The Morgan fingerprint density at radius 1 is 1.17 bits per heavy atom. The Hall–Kier alpha value is -1.28. The molecule has 0 fully saturated rings. The first-order valence-electron chi connectivity index (χ1n) is 4.83. The number of aromatic nitrogens is 2. The summed E-state index contributed by atoms with van der Waals surface area (Å²) in [6.45, 7) is 0. The molecule has 1 aromatic heterocycles. The van der Waals surface area contributed by atoms with Crippen LogP contribution in [0, 0.1) is 0 Å². The average molecular weight is 291 g/mol. The molecule has 0 saturated heterocycles. The fourth-order valence-corrected chi connectivity index (χ4v) is 2.81. The SMILES string of the molecule is Nc1nnc(SCc2ccc(C(F)(F)F)cc2)s1. The zero-order chi connectivity index (χ0) is 13.2. The summed E-state index contributed by atoms with van der Waals surface area (Å²) < 4.78 is 37.7. The van der Waals surface area contributed by atoms with Gasteiger partial charge in [-0.05, 0) is 17.7 Å². The van der Waals surface area contributed by atoms with E-state index >= 15 is 0 Å². The summed E-state index contributed by atoms with van der Waals surface area (Å²) in [7, 11) is 0. The van der Waals surface area contributed by atoms with Crippen LogP contribution in [-0.2, 0) is 11.9 Å². The van der Waals surface area contributed by atoms with Gasteiger partial charge in [0.25, 0.3) is 0 Å². The van der Waals surface area contributed by atoms with Gasteiger partial charge >= 0.3 is 6.18 Å². The van der Waals surface area contributed by atoms with Crippen LogP contribution in [0.2, 0.25) is 0 Å². The predicted octanol–water partition coefficient (Wildman–Crippen LogP) is 3.43. The number of hydrogen-bond acceptors (Lipinski definition) is 5. The van der Waals surface area contributed by atoms with Crippen molar-refractivity contribution in [2.45, 2.75) is 16.3 Å². The molecule has 0 aliphatic rings. The highest BCUT2D eigenvalue weighted by atomic mass is 32.2. The largest absolute Gasteiger partial charge is 0.416 e. The number of thioether (sulfide) groups is 1. The van der Waals surface area contributed by atoms with Crippen LogP contribution in [0.3, 0.4) is 0 Å². The quantitative estimate of drug-likeness (QED) is 0.880. The molecule has 0 saturated carbocycles. The van der Waals surface area contributed by atoms with Crippen molar-refractivity contribution >= 4 is 28.2 Å². The first-order chi connectivity index (χ1) is 8.45. The fraction of sp³-hybridized carbons (Fsp3) is 0.200. The van der Waals surface area contributed by atoms with E-state index in [0.29, 0.717) is 15.2 Å². The molecular weight excluding hydrogens is 283 g/mol. The molecule has 0 bridgehead atoms. The molecular formula is C10H8F3N3S2. The minimum Gasteiger partial charge on any atom is -0.374 e. The summed E-state index contributed by atoms with van der Waals surface area (Å²) in [5.41, 5.74) is 5.57. The number of alkyl halides is 3. The van der Waals surface area contributed by atoms with E-state index in [4.69, 9.17) is 5.73 Å². The lowest BCUT2D eigenvalue weighted by Crippen LogP contribution is -2.04. The lowest BCUT2D eigenvalue weighted by Gasteiger charge is -2.06.